The van der Waals surface area contributed by atoms with Gasteiger partial charge in [0.15, 0.2) is 0 Å². The molecule has 0 aliphatic carbocycles. The molecule has 112 valence electrons. The summed E-state index contributed by atoms with van der Waals surface area (Å²) >= 11 is 0. The molecule has 0 aromatic rings. The van der Waals surface area contributed by atoms with Gasteiger partial charge in [-0.2, -0.15) is 0 Å². The fourth-order valence-electron chi connectivity index (χ4n) is 3.95. The quantitative estimate of drug-likeness (QED) is 0.777. The second-order valence-corrected chi connectivity index (χ2v) is 6.42. The van der Waals surface area contributed by atoms with Crippen LogP contribution >= 0.6 is 0 Å². The standard InChI is InChI=1S/C14H23N3O3/c1-9-7-17(8-10(9)13(18)19)14(20)15-11-4-6-16-5-2-3-12(11)16/h9-12H,2-8H2,1H3,(H,15,20)(H,18,19)/t9-,10-,11?,12?/m1/s1. The van der Waals surface area contributed by atoms with E-state index in [1.165, 1.54) is 12.8 Å². The highest BCUT2D eigenvalue weighted by Crippen LogP contribution is 2.29. The van der Waals surface area contributed by atoms with E-state index in [0.717, 1.165) is 19.5 Å². The maximum atomic E-state index is 12.3. The first-order chi connectivity index (χ1) is 9.56. The van der Waals surface area contributed by atoms with Crippen LogP contribution < -0.4 is 5.32 Å². The van der Waals surface area contributed by atoms with Crippen LogP contribution in [0, 0.1) is 11.8 Å². The number of hydrogen-bond acceptors (Lipinski definition) is 3. The zero-order valence-electron chi connectivity index (χ0n) is 11.9. The van der Waals surface area contributed by atoms with Gasteiger partial charge in [0.25, 0.3) is 0 Å². The summed E-state index contributed by atoms with van der Waals surface area (Å²) in [5.74, 6) is -1.19. The molecule has 3 rings (SSSR count). The molecule has 3 aliphatic heterocycles. The van der Waals surface area contributed by atoms with Gasteiger partial charge < -0.3 is 15.3 Å². The molecule has 3 aliphatic rings. The van der Waals surface area contributed by atoms with Crippen molar-refractivity contribution in [3.63, 3.8) is 0 Å². The first-order valence-corrected chi connectivity index (χ1v) is 7.58. The van der Waals surface area contributed by atoms with Crippen LogP contribution in [0.3, 0.4) is 0 Å². The minimum absolute atomic E-state index is 0.0322. The third-order valence-corrected chi connectivity index (χ3v) is 5.13. The lowest BCUT2D eigenvalue weighted by Crippen LogP contribution is -2.48. The number of nitrogens with one attached hydrogen (secondary N) is 1. The van der Waals surface area contributed by atoms with E-state index in [9.17, 15) is 9.59 Å². The minimum atomic E-state index is -0.796. The number of rotatable bonds is 2. The molecule has 3 saturated heterocycles. The molecule has 2 N–H and O–H groups in total. The van der Waals surface area contributed by atoms with E-state index in [1.807, 2.05) is 6.92 Å². The van der Waals surface area contributed by atoms with E-state index in [2.05, 4.69) is 10.2 Å². The van der Waals surface area contributed by atoms with E-state index in [0.29, 0.717) is 19.1 Å². The minimum Gasteiger partial charge on any atom is -0.481 e. The number of carboxylic acid groups (broad SMARTS) is 1. The first kappa shape index (κ1) is 13.7. The Bertz CT molecular complexity index is 414. The second kappa shape index (κ2) is 5.24. The highest BCUT2D eigenvalue weighted by molar-refractivity contribution is 5.78. The molecule has 6 heteroatoms. The predicted octanol–water partition coefficient (Wildman–Crippen LogP) is 0.585. The average Bonchev–Trinajstić information content (AvgIpc) is 3.05. The number of carbonyl (C=O) groups excluding carboxylic acids is 1. The summed E-state index contributed by atoms with van der Waals surface area (Å²) in [5, 5.41) is 12.3. The molecule has 3 fully saturated rings. The van der Waals surface area contributed by atoms with Gasteiger partial charge in [0.2, 0.25) is 0 Å². The number of likely N-dealkylation sites (tertiary alicyclic amines) is 1. The van der Waals surface area contributed by atoms with Gasteiger partial charge in [0.05, 0.1) is 5.92 Å². The lowest BCUT2D eigenvalue weighted by Gasteiger charge is -2.24. The summed E-state index contributed by atoms with van der Waals surface area (Å²) in [6, 6.07) is 0.651. The molecule has 0 spiro atoms. The number of amides is 2. The van der Waals surface area contributed by atoms with E-state index < -0.39 is 11.9 Å². The van der Waals surface area contributed by atoms with E-state index in [1.54, 1.807) is 4.90 Å². The van der Waals surface area contributed by atoms with Crippen molar-refractivity contribution in [1.82, 2.24) is 15.1 Å². The Labute approximate surface area is 119 Å². The molecule has 0 aromatic carbocycles. The molecule has 20 heavy (non-hydrogen) atoms. The third-order valence-electron chi connectivity index (χ3n) is 5.13. The van der Waals surface area contributed by atoms with Gasteiger partial charge in [-0.15, -0.1) is 0 Å². The average molecular weight is 281 g/mol. The fourth-order valence-corrected chi connectivity index (χ4v) is 3.95. The number of hydrogen-bond donors (Lipinski definition) is 2. The molecule has 0 saturated carbocycles. The smallest absolute Gasteiger partial charge is 0.317 e. The van der Waals surface area contributed by atoms with Gasteiger partial charge in [-0.3, -0.25) is 9.69 Å². The molecular formula is C14H23N3O3. The van der Waals surface area contributed by atoms with Gasteiger partial charge in [-0.25, -0.2) is 4.79 Å². The van der Waals surface area contributed by atoms with Crippen molar-refractivity contribution in [1.29, 1.82) is 0 Å². The number of aliphatic carboxylic acids is 1. The molecule has 0 aromatic heterocycles. The Hall–Kier alpha value is -1.30. The number of fused-ring (bicyclic) bond motifs is 1. The van der Waals surface area contributed by atoms with Gasteiger partial charge in [-0.1, -0.05) is 6.92 Å². The van der Waals surface area contributed by atoms with Crippen molar-refractivity contribution < 1.29 is 14.7 Å². The van der Waals surface area contributed by atoms with Gasteiger partial charge >= 0.3 is 12.0 Å². The first-order valence-electron chi connectivity index (χ1n) is 7.58. The molecule has 2 unspecified atom stereocenters. The van der Waals surface area contributed by atoms with Gasteiger partial charge in [0.1, 0.15) is 0 Å². The summed E-state index contributed by atoms with van der Waals surface area (Å²) in [6.45, 7) is 5.01. The summed E-state index contributed by atoms with van der Waals surface area (Å²) in [7, 11) is 0. The zero-order valence-corrected chi connectivity index (χ0v) is 11.9. The summed E-state index contributed by atoms with van der Waals surface area (Å²) in [6.07, 6.45) is 3.40. The summed E-state index contributed by atoms with van der Waals surface area (Å²) in [4.78, 5) is 27.5. The Kier molecular flexibility index (Phi) is 3.58. The summed E-state index contributed by atoms with van der Waals surface area (Å²) in [5.41, 5.74) is 0. The Balaban J connectivity index is 1.56. The monoisotopic (exact) mass is 281 g/mol. The van der Waals surface area contributed by atoms with Crippen LogP contribution in [0.15, 0.2) is 0 Å². The van der Waals surface area contributed by atoms with Crippen LogP contribution in [0.2, 0.25) is 0 Å². The van der Waals surface area contributed by atoms with Gasteiger partial charge in [-0.05, 0) is 31.7 Å². The maximum Gasteiger partial charge on any atom is 0.317 e. The summed E-state index contributed by atoms with van der Waals surface area (Å²) < 4.78 is 0. The van der Waals surface area contributed by atoms with Crippen molar-refractivity contribution in [3.05, 3.63) is 0 Å². The number of urea groups is 1. The molecule has 0 radical (unpaired) electrons. The SMILES string of the molecule is C[C@@H]1CN(C(=O)NC2CCN3CCCC23)C[C@H]1C(=O)O. The molecule has 0 bridgehead atoms. The van der Waals surface area contributed by atoms with Crippen LogP contribution in [0.5, 0.6) is 0 Å². The van der Waals surface area contributed by atoms with E-state index in [-0.39, 0.29) is 18.0 Å². The topological polar surface area (TPSA) is 72.9 Å². The predicted molar refractivity (Wildman–Crippen MR) is 73.4 cm³/mol. The Morgan fingerprint density at radius 2 is 2.00 bits per heavy atom. The maximum absolute atomic E-state index is 12.3. The van der Waals surface area contributed by atoms with Crippen LogP contribution in [0.25, 0.3) is 0 Å². The van der Waals surface area contributed by atoms with Crippen molar-refractivity contribution >= 4 is 12.0 Å². The molecular weight excluding hydrogens is 258 g/mol. The molecule has 6 nitrogen and oxygen atoms in total. The number of carbonyl (C=O) groups is 2. The fraction of sp³-hybridized carbons (Fsp3) is 0.857. The normalized spacial score (nSPS) is 37.1. The van der Waals surface area contributed by atoms with Crippen LogP contribution in [-0.2, 0) is 4.79 Å². The lowest BCUT2D eigenvalue weighted by molar-refractivity contribution is -0.142. The number of nitrogens with zero attached hydrogens (tertiary/aromatic N) is 2. The van der Waals surface area contributed by atoms with Crippen molar-refractivity contribution in [2.75, 3.05) is 26.2 Å². The van der Waals surface area contributed by atoms with Crippen LogP contribution in [-0.4, -0.2) is 65.2 Å². The molecule has 3 heterocycles. The van der Waals surface area contributed by atoms with Crippen molar-refractivity contribution in [3.8, 4) is 0 Å². The van der Waals surface area contributed by atoms with Crippen molar-refractivity contribution in [2.24, 2.45) is 11.8 Å². The lowest BCUT2D eigenvalue weighted by atomic mass is 9.99. The Morgan fingerprint density at radius 3 is 2.70 bits per heavy atom. The van der Waals surface area contributed by atoms with Crippen LogP contribution in [0.1, 0.15) is 26.2 Å². The second-order valence-electron chi connectivity index (χ2n) is 6.42. The third kappa shape index (κ3) is 2.37. The van der Waals surface area contributed by atoms with E-state index in [4.69, 9.17) is 5.11 Å². The zero-order chi connectivity index (χ0) is 14.3. The highest BCUT2D eigenvalue weighted by Gasteiger charge is 2.41. The largest absolute Gasteiger partial charge is 0.481 e. The number of carboxylic acids is 1. The molecule has 4 atom stereocenters. The Morgan fingerprint density at radius 1 is 1.20 bits per heavy atom. The van der Waals surface area contributed by atoms with E-state index >= 15 is 0 Å². The highest BCUT2D eigenvalue weighted by atomic mass is 16.4. The molecule has 2 amide bonds. The van der Waals surface area contributed by atoms with Gasteiger partial charge in [0, 0.05) is 31.7 Å². The van der Waals surface area contributed by atoms with Crippen LogP contribution in [0.4, 0.5) is 4.79 Å². The van der Waals surface area contributed by atoms with Crippen molar-refractivity contribution in [2.45, 2.75) is 38.3 Å².